The van der Waals surface area contributed by atoms with Crippen LogP contribution in [0.15, 0.2) is 12.2 Å². The number of hydrogen-bond donors (Lipinski definition) is 6. The largest absolute Gasteiger partial charge is 0.394 e. The molecule has 1 aliphatic rings. The summed E-state index contributed by atoms with van der Waals surface area (Å²) in [4.78, 5) is 12.9. The van der Waals surface area contributed by atoms with Gasteiger partial charge in [0, 0.05) is 6.42 Å². The number of aliphatic hydroxyl groups excluding tert-OH is 5. The lowest BCUT2D eigenvalue weighted by molar-refractivity contribution is -0.302. The van der Waals surface area contributed by atoms with Gasteiger partial charge in [-0.25, -0.2) is 0 Å². The van der Waals surface area contributed by atoms with E-state index >= 15 is 0 Å². The molecule has 0 aromatic carbocycles. The number of amides is 1. The van der Waals surface area contributed by atoms with E-state index in [9.17, 15) is 30.3 Å². The molecule has 302 valence electrons. The summed E-state index contributed by atoms with van der Waals surface area (Å²) in [6.45, 7) is 3.78. The van der Waals surface area contributed by atoms with Crippen molar-refractivity contribution in [2.24, 2.45) is 0 Å². The number of carbonyl (C=O) groups excluding carboxylic acids is 1. The molecule has 1 amide bonds. The second kappa shape index (κ2) is 33.5. The highest BCUT2D eigenvalue weighted by atomic mass is 16.7. The Morgan fingerprint density at radius 1 is 0.647 bits per heavy atom. The van der Waals surface area contributed by atoms with Crippen molar-refractivity contribution in [3.05, 3.63) is 12.2 Å². The van der Waals surface area contributed by atoms with Crippen LogP contribution >= 0.6 is 0 Å². The summed E-state index contributed by atoms with van der Waals surface area (Å²) < 4.78 is 11.2. The Morgan fingerprint density at radius 2 is 1.12 bits per heavy atom. The maximum atomic E-state index is 12.9. The minimum Gasteiger partial charge on any atom is -0.394 e. The first-order valence-corrected chi connectivity index (χ1v) is 21.4. The standard InChI is InChI=1S/C42H81NO8/c1-3-5-7-9-11-13-15-16-17-18-19-20-21-22-23-25-27-29-31-36(45)35(34-50-42-41(49)40(48)39(47)37(33-44)51-42)43-38(46)32-30-28-26-24-14-12-10-8-6-4-2/h10,12,35-37,39-42,44-45,47-49H,3-9,11,13-34H2,1-2H3,(H,43,46)/b12-10-. The molecule has 7 atom stereocenters. The van der Waals surface area contributed by atoms with E-state index in [1.165, 1.54) is 109 Å². The zero-order valence-electron chi connectivity index (χ0n) is 32.9. The number of ether oxygens (including phenoxy) is 2. The Bertz CT molecular complexity index is 812. The van der Waals surface area contributed by atoms with Gasteiger partial charge in [0.05, 0.1) is 25.4 Å². The fourth-order valence-electron chi connectivity index (χ4n) is 6.85. The van der Waals surface area contributed by atoms with Crippen molar-refractivity contribution in [3.63, 3.8) is 0 Å². The van der Waals surface area contributed by atoms with Crippen molar-refractivity contribution in [2.75, 3.05) is 13.2 Å². The molecule has 0 bridgehead atoms. The summed E-state index contributed by atoms with van der Waals surface area (Å²) in [6, 6.07) is -0.719. The second-order valence-electron chi connectivity index (χ2n) is 15.1. The maximum absolute atomic E-state index is 12.9. The first-order valence-electron chi connectivity index (χ1n) is 21.4. The average Bonchev–Trinajstić information content (AvgIpc) is 3.13. The molecule has 1 heterocycles. The van der Waals surface area contributed by atoms with Crippen LogP contribution in [0.4, 0.5) is 0 Å². The normalized spacial score (nSPS) is 22.1. The van der Waals surface area contributed by atoms with Crippen LogP contribution in [0, 0.1) is 0 Å². The molecule has 9 nitrogen and oxygen atoms in total. The first-order chi connectivity index (χ1) is 24.8. The Balaban J connectivity index is 2.33. The number of aliphatic hydroxyl groups is 5. The lowest BCUT2D eigenvalue weighted by atomic mass is 9.99. The Labute approximate surface area is 312 Å². The van der Waals surface area contributed by atoms with E-state index in [2.05, 4.69) is 31.3 Å². The van der Waals surface area contributed by atoms with E-state index in [0.29, 0.717) is 12.8 Å². The number of carbonyl (C=O) groups is 1. The first kappa shape index (κ1) is 48.0. The highest BCUT2D eigenvalue weighted by Crippen LogP contribution is 2.23. The molecule has 0 radical (unpaired) electrons. The third kappa shape index (κ3) is 24.8. The minimum atomic E-state index is -1.55. The van der Waals surface area contributed by atoms with E-state index in [4.69, 9.17) is 9.47 Å². The van der Waals surface area contributed by atoms with Gasteiger partial charge in [-0.15, -0.1) is 0 Å². The van der Waals surface area contributed by atoms with Gasteiger partial charge in [-0.05, 0) is 32.1 Å². The number of rotatable bonds is 35. The highest BCUT2D eigenvalue weighted by Gasteiger charge is 2.44. The van der Waals surface area contributed by atoms with Crippen LogP contribution < -0.4 is 5.32 Å². The van der Waals surface area contributed by atoms with Crippen molar-refractivity contribution in [1.29, 1.82) is 0 Å². The topological polar surface area (TPSA) is 149 Å². The predicted octanol–water partition coefficient (Wildman–Crippen LogP) is 8.17. The summed E-state index contributed by atoms with van der Waals surface area (Å²) >= 11 is 0. The quantitative estimate of drug-likeness (QED) is 0.0283. The summed E-state index contributed by atoms with van der Waals surface area (Å²) in [5, 5.41) is 54.1. The molecule has 7 unspecified atom stereocenters. The zero-order valence-corrected chi connectivity index (χ0v) is 32.9. The number of unbranched alkanes of at least 4 members (excludes halogenated alkanes) is 23. The van der Waals surface area contributed by atoms with Crippen molar-refractivity contribution < 1.29 is 39.8 Å². The third-order valence-electron chi connectivity index (χ3n) is 10.4. The van der Waals surface area contributed by atoms with Gasteiger partial charge in [0.15, 0.2) is 6.29 Å². The molecular formula is C42H81NO8. The smallest absolute Gasteiger partial charge is 0.220 e. The molecule has 0 aromatic rings. The fraction of sp³-hybridized carbons (Fsp3) is 0.929. The van der Waals surface area contributed by atoms with Crippen LogP contribution in [-0.2, 0) is 14.3 Å². The highest BCUT2D eigenvalue weighted by molar-refractivity contribution is 5.76. The van der Waals surface area contributed by atoms with Gasteiger partial charge >= 0.3 is 0 Å². The van der Waals surface area contributed by atoms with Crippen molar-refractivity contribution in [3.8, 4) is 0 Å². The van der Waals surface area contributed by atoms with Crippen LogP contribution in [0.25, 0.3) is 0 Å². The number of hydrogen-bond acceptors (Lipinski definition) is 8. The fourth-order valence-corrected chi connectivity index (χ4v) is 6.85. The lowest BCUT2D eigenvalue weighted by Gasteiger charge is -2.40. The third-order valence-corrected chi connectivity index (χ3v) is 10.4. The van der Waals surface area contributed by atoms with E-state index in [0.717, 1.165) is 57.8 Å². The van der Waals surface area contributed by atoms with Gasteiger partial charge in [0.2, 0.25) is 5.91 Å². The molecule has 0 aliphatic carbocycles. The molecule has 1 aliphatic heterocycles. The number of nitrogens with one attached hydrogen (secondary N) is 1. The molecule has 9 heteroatoms. The Hall–Kier alpha value is -1.07. The average molecular weight is 728 g/mol. The van der Waals surface area contributed by atoms with Gasteiger partial charge in [-0.1, -0.05) is 167 Å². The summed E-state index contributed by atoms with van der Waals surface area (Å²) in [5.74, 6) is -0.159. The van der Waals surface area contributed by atoms with Crippen LogP contribution in [-0.4, -0.2) is 87.5 Å². The zero-order chi connectivity index (χ0) is 37.4. The predicted molar refractivity (Wildman–Crippen MR) is 207 cm³/mol. The molecule has 1 saturated heterocycles. The summed E-state index contributed by atoms with van der Waals surface area (Å²) in [5.41, 5.74) is 0. The molecule has 1 fully saturated rings. The molecule has 1 rings (SSSR count). The lowest BCUT2D eigenvalue weighted by Crippen LogP contribution is -2.60. The van der Waals surface area contributed by atoms with Gasteiger partial charge in [-0.2, -0.15) is 0 Å². The second-order valence-corrected chi connectivity index (χ2v) is 15.1. The summed E-state index contributed by atoms with van der Waals surface area (Å²) in [7, 11) is 0. The Morgan fingerprint density at radius 3 is 1.65 bits per heavy atom. The van der Waals surface area contributed by atoms with Crippen molar-refractivity contribution >= 4 is 5.91 Å². The van der Waals surface area contributed by atoms with Gasteiger partial charge in [0.25, 0.3) is 0 Å². The van der Waals surface area contributed by atoms with E-state index in [1.54, 1.807) is 0 Å². The van der Waals surface area contributed by atoms with Crippen molar-refractivity contribution in [1.82, 2.24) is 5.32 Å². The van der Waals surface area contributed by atoms with Gasteiger partial charge in [0.1, 0.15) is 24.4 Å². The van der Waals surface area contributed by atoms with Gasteiger partial charge in [-0.3, -0.25) is 4.79 Å². The molecule has 6 N–H and O–H groups in total. The van der Waals surface area contributed by atoms with Crippen molar-refractivity contribution in [2.45, 2.75) is 236 Å². The van der Waals surface area contributed by atoms with E-state index in [1.807, 2.05) is 0 Å². The molecule has 0 aromatic heterocycles. The van der Waals surface area contributed by atoms with E-state index in [-0.39, 0.29) is 12.5 Å². The summed E-state index contributed by atoms with van der Waals surface area (Å²) in [6.07, 6.45) is 29.4. The number of allylic oxidation sites excluding steroid dienone is 2. The molecule has 0 saturated carbocycles. The maximum Gasteiger partial charge on any atom is 0.220 e. The van der Waals surface area contributed by atoms with Crippen LogP contribution in [0.2, 0.25) is 0 Å². The molecular weight excluding hydrogens is 646 g/mol. The van der Waals surface area contributed by atoms with Gasteiger partial charge < -0.3 is 40.3 Å². The van der Waals surface area contributed by atoms with E-state index < -0.39 is 49.5 Å². The molecule has 51 heavy (non-hydrogen) atoms. The van der Waals surface area contributed by atoms with Crippen LogP contribution in [0.5, 0.6) is 0 Å². The Kier molecular flexibility index (Phi) is 31.5. The van der Waals surface area contributed by atoms with Crippen LogP contribution in [0.3, 0.4) is 0 Å². The van der Waals surface area contributed by atoms with Crippen LogP contribution in [0.1, 0.15) is 194 Å². The monoisotopic (exact) mass is 728 g/mol. The SMILES string of the molecule is CCCC/C=C\CCCCCCC(=O)NC(COC1OC(CO)C(O)C(O)C1O)C(O)CCCCCCCCCCCCCCCCCCCC. The minimum absolute atomic E-state index is 0.140. The molecule has 0 spiro atoms.